The number of nitrogens with zero attached hydrogens (tertiary/aromatic N) is 1. The number of aromatic hydroxyl groups is 1. The van der Waals surface area contributed by atoms with E-state index in [0.29, 0.717) is 33.0 Å². The Kier molecular flexibility index (Phi) is 6.72. The van der Waals surface area contributed by atoms with Crippen LogP contribution in [0.3, 0.4) is 0 Å². The fourth-order valence-electron chi connectivity index (χ4n) is 3.34. The molecule has 0 bridgehead atoms. The van der Waals surface area contributed by atoms with Crippen molar-refractivity contribution < 1.29 is 24.2 Å². The molecule has 0 aromatic heterocycles. The van der Waals surface area contributed by atoms with Crippen LogP contribution in [0.5, 0.6) is 17.2 Å². The number of benzene rings is 3. The number of phenols is 1. The molecule has 1 N–H and O–H groups in total. The molecule has 32 heavy (non-hydrogen) atoms. The van der Waals surface area contributed by atoms with Gasteiger partial charge in [0.25, 0.3) is 11.1 Å². The minimum atomic E-state index is -0.376. The largest absolute Gasteiger partial charge is 0.504 e. The van der Waals surface area contributed by atoms with Crippen molar-refractivity contribution in [1.29, 1.82) is 0 Å². The maximum atomic E-state index is 12.8. The Balaban J connectivity index is 1.47. The molecule has 1 aliphatic rings. The van der Waals surface area contributed by atoms with Crippen LogP contribution < -0.4 is 9.47 Å². The fourth-order valence-corrected chi connectivity index (χ4v) is 4.64. The topological polar surface area (TPSA) is 76.1 Å². The van der Waals surface area contributed by atoms with Crippen molar-refractivity contribution in [2.45, 2.75) is 6.92 Å². The van der Waals surface area contributed by atoms with Crippen LogP contribution in [0.25, 0.3) is 16.8 Å². The molecule has 0 atom stereocenters. The number of hydrogen-bond donors (Lipinski definition) is 1. The first-order chi connectivity index (χ1) is 15.5. The maximum absolute atomic E-state index is 12.8. The van der Waals surface area contributed by atoms with Crippen LogP contribution >= 0.6 is 27.7 Å². The zero-order chi connectivity index (χ0) is 22.7. The quantitative estimate of drug-likeness (QED) is 0.401. The molecule has 3 aromatic rings. The molecule has 3 aromatic carbocycles. The van der Waals surface area contributed by atoms with Crippen LogP contribution in [-0.4, -0.2) is 40.9 Å². The number of thioether (sulfide) groups is 1. The summed E-state index contributed by atoms with van der Waals surface area (Å²) in [5.41, 5.74) is 0.628. The highest BCUT2D eigenvalue weighted by Crippen LogP contribution is 2.37. The average molecular weight is 514 g/mol. The number of rotatable bonds is 7. The number of amides is 2. The summed E-state index contributed by atoms with van der Waals surface area (Å²) in [5, 5.41) is 11.7. The van der Waals surface area contributed by atoms with E-state index in [1.807, 2.05) is 49.4 Å². The fraction of sp³-hybridized carbons (Fsp3) is 0.167. The van der Waals surface area contributed by atoms with Crippen molar-refractivity contribution in [2.75, 3.05) is 19.8 Å². The molecule has 0 unspecified atom stereocenters. The predicted octanol–water partition coefficient (Wildman–Crippen LogP) is 5.82. The molecule has 164 valence electrons. The number of fused-ring (bicyclic) bond motifs is 1. The molecular weight excluding hydrogens is 494 g/mol. The van der Waals surface area contributed by atoms with Crippen LogP contribution in [-0.2, 0) is 4.79 Å². The van der Waals surface area contributed by atoms with Crippen molar-refractivity contribution >= 4 is 55.7 Å². The van der Waals surface area contributed by atoms with Gasteiger partial charge in [-0.1, -0.05) is 52.3 Å². The number of hydrogen-bond acceptors (Lipinski definition) is 6. The third kappa shape index (κ3) is 4.61. The number of carbonyl (C=O) groups is 2. The molecule has 0 spiro atoms. The van der Waals surface area contributed by atoms with Crippen molar-refractivity contribution in [3.05, 3.63) is 69.5 Å². The first-order valence-electron chi connectivity index (χ1n) is 9.99. The number of carbonyl (C=O) groups excluding carboxylic acids is 2. The van der Waals surface area contributed by atoms with Crippen LogP contribution in [0.2, 0.25) is 0 Å². The molecule has 0 radical (unpaired) electrons. The summed E-state index contributed by atoms with van der Waals surface area (Å²) < 4.78 is 11.9. The van der Waals surface area contributed by atoms with E-state index in [4.69, 9.17) is 9.47 Å². The Bertz CT molecular complexity index is 1220. The molecule has 1 aliphatic heterocycles. The lowest BCUT2D eigenvalue weighted by Gasteiger charge is -2.14. The summed E-state index contributed by atoms with van der Waals surface area (Å²) in [6.45, 7) is 2.54. The molecule has 1 saturated heterocycles. The first kappa shape index (κ1) is 22.2. The van der Waals surface area contributed by atoms with Gasteiger partial charge in [0.2, 0.25) is 0 Å². The van der Waals surface area contributed by atoms with Crippen molar-refractivity contribution in [3.8, 4) is 17.2 Å². The summed E-state index contributed by atoms with van der Waals surface area (Å²) in [7, 11) is 0. The van der Waals surface area contributed by atoms with E-state index in [1.165, 1.54) is 11.0 Å². The second-order valence-corrected chi connectivity index (χ2v) is 8.78. The van der Waals surface area contributed by atoms with Gasteiger partial charge in [-0.2, -0.15) is 0 Å². The Morgan fingerprint density at radius 1 is 1.06 bits per heavy atom. The number of imide groups is 1. The minimum absolute atomic E-state index is 0.00503. The van der Waals surface area contributed by atoms with Crippen LogP contribution in [0.1, 0.15) is 12.5 Å². The first-order valence-corrected chi connectivity index (χ1v) is 11.6. The lowest BCUT2D eigenvalue weighted by molar-refractivity contribution is -0.123. The molecule has 1 heterocycles. The Morgan fingerprint density at radius 3 is 2.66 bits per heavy atom. The second-order valence-electron chi connectivity index (χ2n) is 6.93. The van der Waals surface area contributed by atoms with Crippen LogP contribution in [0.15, 0.2) is 64.0 Å². The van der Waals surface area contributed by atoms with Gasteiger partial charge in [0.05, 0.1) is 18.1 Å². The Morgan fingerprint density at radius 2 is 1.84 bits per heavy atom. The standard InChI is InChI=1S/C24H20BrNO5S/c1-2-30-21-12-16(18(25)14-19(21)27)13-22-23(28)26(24(29)32-22)10-11-31-20-9-5-7-15-6-3-4-8-17(15)20/h3-9,12-14,27H,2,10-11H2,1H3/b22-13-. The molecule has 2 amide bonds. The van der Waals surface area contributed by atoms with Gasteiger partial charge >= 0.3 is 0 Å². The number of halogens is 1. The van der Waals surface area contributed by atoms with E-state index in [2.05, 4.69) is 15.9 Å². The highest BCUT2D eigenvalue weighted by molar-refractivity contribution is 9.10. The van der Waals surface area contributed by atoms with E-state index in [1.54, 1.807) is 12.1 Å². The second kappa shape index (κ2) is 9.67. The zero-order valence-corrected chi connectivity index (χ0v) is 19.6. The summed E-state index contributed by atoms with van der Waals surface area (Å²) in [6.07, 6.45) is 1.61. The summed E-state index contributed by atoms with van der Waals surface area (Å²) in [6, 6.07) is 16.8. The van der Waals surface area contributed by atoms with Gasteiger partial charge in [-0.15, -0.1) is 0 Å². The average Bonchev–Trinajstić information content (AvgIpc) is 3.04. The summed E-state index contributed by atoms with van der Waals surface area (Å²) in [5.74, 6) is 0.640. The summed E-state index contributed by atoms with van der Waals surface area (Å²) in [4.78, 5) is 26.8. The maximum Gasteiger partial charge on any atom is 0.293 e. The van der Waals surface area contributed by atoms with E-state index in [-0.39, 0.29) is 30.0 Å². The monoisotopic (exact) mass is 513 g/mol. The molecule has 4 rings (SSSR count). The van der Waals surface area contributed by atoms with Gasteiger partial charge in [-0.05, 0) is 53.9 Å². The smallest absolute Gasteiger partial charge is 0.293 e. The Labute approximate surface area is 197 Å². The van der Waals surface area contributed by atoms with Crippen molar-refractivity contribution in [3.63, 3.8) is 0 Å². The highest BCUT2D eigenvalue weighted by Gasteiger charge is 2.35. The van der Waals surface area contributed by atoms with E-state index in [0.717, 1.165) is 22.5 Å². The van der Waals surface area contributed by atoms with E-state index < -0.39 is 0 Å². The lowest BCUT2D eigenvalue weighted by Crippen LogP contribution is -2.32. The third-order valence-corrected chi connectivity index (χ3v) is 6.45. The van der Waals surface area contributed by atoms with Gasteiger partial charge in [-0.25, -0.2) is 0 Å². The molecule has 0 saturated carbocycles. The number of ether oxygens (including phenoxy) is 2. The molecule has 1 fully saturated rings. The van der Waals surface area contributed by atoms with E-state index >= 15 is 0 Å². The van der Waals surface area contributed by atoms with E-state index in [9.17, 15) is 14.7 Å². The van der Waals surface area contributed by atoms with Crippen molar-refractivity contribution in [2.24, 2.45) is 0 Å². The molecule has 8 heteroatoms. The van der Waals surface area contributed by atoms with Crippen molar-refractivity contribution in [1.82, 2.24) is 4.90 Å². The van der Waals surface area contributed by atoms with Gasteiger partial charge in [0.15, 0.2) is 11.5 Å². The molecule has 6 nitrogen and oxygen atoms in total. The van der Waals surface area contributed by atoms with Gasteiger partial charge < -0.3 is 14.6 Å². The molecule has 0 aliphatic carbocycles. The van der Waals surface area contributed by atoms with Gasteiger partial charge in [0, 0.05) is 9.86 Å². The van der Waals surface area contributed by atoms with Crippen LogP contribution in [0.4, 0.5) is 4.79 Å². The zero-order valence-electron chi connectivity index (χ0n) is 17.2. The van der Waals surface area contributed by atoms with Gasteiger partial charge in [0.1, 0.15) is 12.4 Å². The predicted molar refractivity (Wildman–Crippen MR) is 129 cm³/mol. The number of phenolic OH excluding ortho intramolecular Hbond substituents is 1. The van der Waals surface area contributed by atoms with Crippen LogP contribution in [0, 0.1) is 0 Å². The molecular formula is C24H20BrNO5S. The van der Waals surface area contributed by atoms with Gasteiger partial charge in [-0.3, -0.25) is 14.5 Å². The third-order valence-electron chi connectivity index (χ3n) is 4.86. The lowest BCUT2D eigenvalue weighted by atomic mass is 10.1. The SMILES string of the molecule is CCOc1cc(/C=C2\SC(=O)N(CCOc3cccc4ccccc34)C2=O)c(Br)cc1O. The highest BCUT2D eigenvalue weighted by atomic mass is 79.9. The Hall–Kier alpha value is -2.97. The summed E-state index contributed by atoms with van der Waals surface area (Å²) >= 11 is 4.25. The minimum Gasteiger partial charge on any atom is -0.504 e. The normalized spacial score (nSPS) is 15.1.